The summed E-state index contributed by atoms with van der Waals surface area (Å²) in [5, 5.41) is 4.44. The SMILES string of the molecule is CCCCS(=O)(=O)NCc1cc2n(n1)CCCN(C(C)=O)C2. The molecule has 0 radical (unpaired) electrons. The lowest BCUT2D eigenvalue weighted by molar-refractivity contribution is -0.129. The molecule has 0 saturated heterocycles. The predicted molar refractivity (Wildman–Crippen MR) is 83.5 cm³/mol. The molecule has 8 heteroatoms. The second-order valence-corrected chi connectivity index (χ2v) is 7.56. The lowest BCUT2D eigenvalue weighted by Gasteiger charge is -2.17. The zero-order valence-corrected chi connectivity index (χ0v) is 14.0. The third-order valence-corrected chi connectivity index (χ3v) is 5.16. The normalized spacial score (nSPS) is 15.5. The van der Waals surface area contributed by atoms with E-state index in [1.165, 1.54) is 0 Å². The lowest BCUT2D eigenvalue weighted by atomic mass is 10.3. The average Bonchev–Trinajstić information content (AvgIpc) is 2.73. The minimum atomic E-state index is -3.24. The van der Waals surface area contributed by atoms with Crippen molar-refractivity contribution in [3.05, 3.63) is 17.5 Å². The van der Waals surface area contributed by atoms with Crippen LogP contribution < -0.4 is 4.72 Å². The van der Waals surface area contributed by atoms with Crippen molar-refractivity contribution in [3.63, 3.8) is 0 Å². The first-order chi connectivity index (χ1) is 10.4. The molecule has 1 aliphatic rings. The highest BCUT2D eigenvalue weighted by atomic mass is 32.2. The summed E-state index contributed by atoms with van der Waals surface area (Å²) < 4.78 is 28.1. The molecule has 0 saturated carbocycles. The van der Waals surface area contributed by atoms with Crippen molar-refractivity contribution < 1.29 is 13.2 Å². The predicted octanol–water partition coefficient (Wildman–Crippen LogP) is 0.855. The van der Waals surface area contributed by atoms with Crippen LogP contribution in [-0.4, -0.2) is 41.3 Å². The standard InChI is InChI=1S/C14H24N4O3S/c1-3-4-8-22(20,21)15-10-13-9-14-11-17(12(2)19)6-5-7-18(14)16-13/h9,15H,3-8,10-11H2,1-2H3. The Morgan fingerprint density at radius 1 is 1.41 bits per heavy atom. The summed E-state index contributed by atoms with van der Waals surface area (Å²) in [5.41, 5.74) is 1.65. The number of rotatable bonds is 6. The van der Waals surface area contributed by atoms with E-state index in [1.807, 2.05) is 17.7 Å². The number of carbonyl (C=O) groups excluding carboxylic acids is 1. The largest absolute Gasteiger partial charge is 0.337 e. The van der Waals surface area contributed by atoms with Crippen molar-refractivity contribution in [1.82, 2.24) is 19.4 Å². The molecule has 0 fully saturated rings. The van der Waals surface area contributed by atoms with Gasteiger partial charge in [-0.25, -0.2) is 13.1 Å². The van der Waals surface area contributed by atoms with Crippen LogP contribution in [0.3, 0.4) is 0 Å². The highest BCUT2D eigenvalue weighted by molar-refractivity contribution is 7.89. The Bertz CT molecular complexity index is 624. The molecule has 1 aromatic rings. The van der Waals surface area contributed by atoms with Gasteiger partial charge in [0.2, 0.25) is 15.9 Å². The topological polar surface area (TPSA) is 84.3 Å². The summed E-state index contributed by atoms with van der Waals surface area (Å²) >= 11 is 0. The summed E-state index contributed by atoms with van der Waals surface area (Å²) in [6, 6.07) is 1.88. The monoisotopic (exact) mass is 328 g/mol. The van der Waals surface area contributed by atoms with E-state index >= 15 is 0 Å². The lowest BCUT2D eigenvalue weighted by Crippen LogP contribution is -2.28. The minimum absolute atomic E-state index is 0.0523. The first-order valence-corrected chi connectivity index (χ1v) is 9.35. The maximum atomic E-state index is 11.8. The molecule has 22 heavy (non-hydrogen) atoms. The fraction of sp³-hybridized carbons (Fsp3) is 0.714. The molecule has 7 nitrogen and oxygen atoms in total. The number of carbonyl (C=O) groups is 1. The quantitative estimate of drug-likeness (QED) is 0.839. The average molecular weight is 328 g/mol. The maximum absolute atomic E-state index is 11.8. The van der Waals surface area contributed by atoms with Crippen LogP contribution in [0.2, 0.25) is 0 Å². The molecule has 2 rings (SSSR count). The van der Waals surface area contributed by atoms with Crippen molar-refractivity contribution in [2.45, 2.75) is 52.7 Å². The first kappa shape index (κ1) is 17.0. The van der Waals surface area contributed by atoms with Crippen molar-refractivity contribution in [3.8, 4) is 0 Å². The second-order valence-electron chi connectivity index (χ2n) is 5.64. The molecule has 1 aliphatic heterocycles. The third kappa shape index (κ3) is 4.54. The van der Waals surface area contributed by atoms with Crippen molar-refractivity contribution >= 4 is 15.9 Å². The number of hydrogen-bond acceptors (Lipinski definition) is 4. The fourth-order valence-electron chi connectivity index (χ4n) is 2.47. The second kappa shape index (κ2) is 7.23. The van der Waals surface area contributed by atoms with Crippen molar-refractivity contribution in [2.24, 2.45) is 0 Å². The smallest absolute Gasteiger partial charge is 0.219 e. The Balaban J connectivity index is 2.00. The summed E-state index contributed by atoms with van der Waals surface area (Å²) in [7, 11) is -3.24. The molecule has 0 aromatic carbocycles. The molecule has 0 atom stereocenters. The van der Waals surface area contributed by atoms with Crippen LogP contribution in [0.15, 0.2) is 6.07 Å². The van der Waals surface area contributed by atoms with E-state index in [2.05, 4.69) is 9.82 Å². The first-order valence-electron chi connectivity index (χ1n) is 7.69. The fourth-order valence-corrected chi connectivity index (χ4v) is 3.65. The van der Waals surface area contributed by atoms with Gasteiger partial charge in [0.15, 0.2) is 0 Å². The van der Waals surface area contributed by atoms with Crippen LogP contribution in [0.1, 0.15) is 44.5 Å². The van der Waals surface area contributed by atoms with Crippen LogP contribution in [0.5, 0.6) is 0 Å². The molecule has 124 valence electrons. The van der Waals surface area contributed by atoms with E-state index in [9.17, 15) is 13.2 Å². The van der Waals surface area contributed by atoms with Gasteiger partial charge >= 0.3 is 0 Å². The van der Waals surface area contributed by atoms with Crippen molar-refractivity contribution in [2.75, 3.05) is 12.3 Å². The molecule has 2 heterocycles. The van der Waals surface area contributed by atoms with Gasteiger partial charge < -0.3 is 4.90 Å². The zero-order valence-electron chi connectivity index (χ0n) is 13.2. The number of sulfonamides is 1. The van der Waals surface area contributed by atoms with Gasteiger partial charge in [0, 0.05) is 20.0 Å². The minimum Gasteiger partial charge on any atom is -0.337 e. The maximum Gasteiger partial charge on any atom is 0.219 e. The molecule has 0 bridgehead atoms. The van der Waals surface area contributed by atoms with E-state index in [-0.39, 0.29) is 18.2 Å². The number of fused-ring (bicyclic) bond motifs is 1. The summed E-state index contributed by atoms with van der Waals surface area (Å²) in [4.78, 5) is 13.3. The van der Waals surface area contributed by atoms with E-state index < -0.39 is 10.0 Å². The van der Waals surface area contributed by atoms with Gasteiger partial charge in [0.1, 0.15) is 0 Å². The Hall–Kier alpha value is -1.41. The van der Waals surface area contributed by atoms with Gasteiger partial charge in [-0.1, -0.05) is 13.3 Å². The Morgan fingerprint density at radius 2 is 2.18 bits per heavy atom. The van der Waals surface area contributed by atoms with Gasteiger partial charge in [0.25, 0.3) is 0 Å². The van der Waals surface area contributed by atoms with Crippen LogP contribution in [0.25, 0.3) is 0 Å². The van der Waals surface area contributed by atoms with Gasteiger partial charge in [0.05, 0.1) is 30.2 Å². The third-order valence-electron chi connectivity index (χ3n) is 3.75. The Labute approximate surface area is 131 Å². The molecular weight excluding hydrogens is 304 g/mol. The number of amides is 1. The van der Waals surface area contributed by atoms with E-state index in [0.717, 1.165) is 31.6 Å². The summed E-state index contributed by atoms with van der Waals surface area (Å²) in [5.74, 6) is 0.200. The van der Waals surface area contributed by atoms with Gasteiger partial charge in [-0.15, -0.1) is 0 Å². The van der Waals surface area contributed by atoms with Crippen LogP contribution in [-0.2, 0) is 34.5 Å². The molecular formula is C14H24N4O3S. The summed E-state index contributed by atoms with van der Waals surface area (Å²) in [6.07, 6.45) is 2.36. The Morgan fingerprint density at radius 3 is 2.86 bits per heavy atom. The van der Waals surface area contributed by atoms with Crippen LogP contribution >= 0.6 is 0 Å². The highest BCUT2D eigenvalue weighted by Crippen LogP contribution is 2.14. The van der Waals surface area contributed by atoms with Crippen LogP contribution in [0.4, 0.5) is 0 Å². The molecule has 0 aliphatic carbocycles. The number of nitrogens with zero attached hydrogens (tertiary/aromatic N) is 3. The highest BCUT2D eigenvalue weighted by Gasteiger charge is 2.19. The number of aryl methyl sites for hydroxylation is 1. The van der Waals surface area contributed by atoms with Crippen molar-refractivity contribution in [1.29, 1.82) is 0 Å². The van der Waals surface area contributed by atoms with Crippen LogP contribution in [0, 0.1) is 0 Å². The number of nitrogens with one attached hydrogen (secondary N) is 1. The number of hydrogen-bond donors (Lipinski definition) is 1. The van der Waals surface area contributed by atoms with Gasteiger partial charge in [-0.3, -0.25) is 9.48 Å². The molecule has 0 spiro atoms. The molecule has 1 amide bonds. The zero-order chi connectivity index (χ0) is 16.2. The van der Waals surface area contributed by atoms with Gasteiger partial charge in [-0.05, 0) is 18.9 Å². The van der Waals surface area contributed by atoms with E-state index in [1.54, 1.807) is 11.8 Å². The Kier molecular flexibility index (Phi) is 5.57. The van der Waals surface area contributed by atoms with E-state index in [0.29, 0.717) is 18.7 Å². The number of unbranched alkanes of at least 4 members (excludes halogenated alkanes) is 1. The molecule has 0 unspecified atom stereocenters. The van der Waals surface area contributed by atoms with E-state index in [4.69, 9.17) is 0 Å². The number of aromatic nitrogens is 2. The summed E-state index contributed by atoms with van der Waals surface area (Å²) in [6.45, 7) is 5.74. The molecule has 1 aromatic heterocycles. The molecule has 1 N–H and O–H groups in total. The van der Waals surface area contributed by atoms with Gasteiger partial charge in [-0.2, -0.15) is 5.10 Å².